The monoisotopic (exact) mass is 2020 g/mol. The first-order valence-electron chi connectivity index (χ1n) is 50.4. The Bertz CT molecular complexity index is 4830. The fourth-order valence-corrected chi connectivity index (χ4v) is 16.5. The fraction of sp³-hybridized carbons (Fsp3) is 0.633. The summed E-state index contributed by atoms with van der Waals surface area (Å²) in [6, 6.07) is 4.07. The van der Waals surface area contributed by atoms with Gasteiger partial charge in [0, 0.05) is 132 Å². The number of nitrogens with zero attached hydrogens (tertiary/aromatic N) is 7. The summed E-state index contributed by atoms with van der Waals surface area (Å²) in [5, 5.41) is 67.2. The highest BCUT2D eigenvalue weighted by Crippen LogP contribution is 2.26. The Morgan fingerprint density at radius 1 is 0.583 bits per heavy atom. The minimum absolute atomic E-state index is 0.0144. The number of aliphatic imine (C=N–C) groups is 3. The molecule has 796 valence electrons. The number of fused-ring (bicyclic) bond motifs is 2. The highest BCUT2D eigenvalue weighted by molar-refractivity contribution is 6.00. The summed E-state index contributed by atoms with van der Waals surface area (Å²) >= 11 is 0. The summed E-state index contributed by atoms with van der Waals surface area (Å²) in [5.74, 6) is -9.89. The number of primary amides is 1. The molecule has 14 amide bonds. The van der Waals surface area contributed by atoms with Crippen LogP contribution < -0.4 is 92.5 Å². The average molecular weight is 2020 g/mol. The number of aromatic nitrogens is 5. The molecule has 2 aromatic heterocycles. The van der Waals surface area contributed by atoms with E-state index in [1.54, 1.807) is 55.7 Å². The van der Waals surface area contributed by atoms with E-state index in [4.69, 9.17) is 38.1 Å². The predicted molar refractivity (Wildman–Crippen MR) is 538 cm³/mol. The van der Waals surface area contributed by atoms with Crippen LogP contribution in [-0.2, 0) is 105 Å². The molecule has 2 fully saturated rings. The summed E-state index contributed by atoms with van der Waals surface area (Å²) in [6.07, 6.45) is 25.1. The lowest BCUT2D eigenvalue weighted by atomic mass is 9.98. The Morgan fingerprint density at radius 3 is 1.81 bits per heavy atom. The quantitative estimate of drug-likeness (QED) is 0.0161. The number of benzene rings is 2. The zero-order valence-electron chi connectivity index (χ0n) is 83.6. The first-order valence-corrected chi connectivity index (χ1v) is 50.4. The normalized spacial score (nSPS) is 18.7. The van der Waals surface area contributed by atoms with Gasteiger partial charge < -0.3 is 122 Å². The third-order valence-electron chi connectivity index (χ3n) is 24.7. The summed E-state index contributed by atoms with van der Waals surface area (Å²) in [5.41, 5.74) is 30.1. The molecule has 0 bridgehead atoms. The van der Waals surface area contributed by atoms with Gasteiger partial charge in [-0.25, -0.2) is 0 Å². The number of nitrogens with one attached hydrogen (secondary N) is 14. The molecule has 2 aromatic carbocycles. The molecule has 3 aliphatic heterocycles. The Labute approximate surface area is 840 Å². The molecule has 0 aliphatic carbocycles. The van der Waals surface area contributed by atoms with Gasteiger partial charge in [0.05, 0.1) is 45.1 Å². The number of carbonyl (C=O) groups is 16. The third-order valence-corrected chi connectivity index (χ3v) is 24.7. The molecule has 2 saturated heterocycles. The number of guanidine groups is 2. The molecule has 5 heterocycles. The van der Waals surface area contributed by atoms with Crippen LogP contribution in [0.3, 0.4) is 0 Å². The highest BCUT2D eigenvalue weighted by Gasteiger charge is 2.43. The number of aryl methyl sites for hydroxylation is 1. The molecular weight excluding hydrogens is 1860 g/mol. The number of likely N-dealkylation sites (N-methyl/N-ethyl adjacent to an activating group) is 1. The number of hydrogen-bond donors (Lipinski definition) is 21. The van der Waals surface area contributed by atoms with Crippen LogP contribution in [0.5, 0.6) is 0 Å². The number of Topliss-reactive ketones (excluding diaryl/α,β-unsaturated/α-hetero) is 2. The molecule has 46 heteroatoms. The van der Waals surface area contributed by atoms with Crippen molar-refractivity contribution >= 4 is 123 Å². The molecule has 3 aliphatic rings. The van der Waals surface area contributed by atoms with E-state index < -0.39 is 170 Å². The third kappa shape index (κ3) is 47.3. The number of rotatable bonds is 58. The number of amides is 14. The first kappa shape index (κ1) is 119. The lowest BCUT2D eigenvalue weighted by Crippen LogP contribution is -2.59. The minimum Gasteiger partial charge on any atom is -0.394 e. The van der Waals surface area contributed by atoms with Crippen molar-refractivity contribution in [2.45, 2.75) is 318 Å². The second-order valence-corrected chi connectivity index (χ2v) is 36.5. The summed E-state index contributed by atoms with van der Waals surface area (Å²) in [6.45, 7) is 3.93. The SMILES string of the molecule is CC(=O)[C@@H]1CCCCCC(=O)CC[C@H](C)C(=O)N2C[C@H](O)C[C@H]2C(=O)N[C@H](Cc2ccccc2)C(=O)N[C@@H](CCCN=C(N)N)C(=O)N[C@@H](Cc2c[nH]c3ccccc23)C(=O)N1.CCCC[C@H](NC(=O)[C@H](CCCN=C(N)N)NC(=O)[C@H](CC1=CCC=N1)NC(=O)[C@H](CCC(N)=O)NC(=O)[C@H](CO)NC(=O)CNC(=O)COCCOCCNC(=O)CCCCCCCCCCCCCCCc1nn[nH]n1)C(=O)NC. The Kier molecular flexibility index (Phi) is 56.5. The van der Waals surface area contributed by atoms with Crippen LogP contribution in [0.4, 0.5) is 0 Å². The van der Waals surface area contributed by atoms with Crippen molar-refractivity contribution < 1.29 is 96.4 Å². The number of H-pyrrole nitrogens is 2. The van der Waals surface area contributed by atoms with Crippen molar-refractivity contribution in [3.8, 4) is 0 Å². The van der Waals surface area contributed by atoms with Gasteiger partial charge in [-0.3, -0.25) is 91.7 Å². The largest absolute Gasteiger partial charge is 0.394 e. The number of unbranched alkanes of at least 4 members (excludes halogenated alkanes) is 13. The van der Waals surface area contributed by atoms with Crippen molar-refractivity contribution in [2.75, 3.05) is 72.8 Å². The van der Waals surface area contributed by atoms with Gasteiger partial charge in [-0.15, -0.1) is 10.2 Å². The molecule has 144 heavy (non-hydrogen) atoms. The Morgan fingerprint density at radius 2 is 1.17 bits per heavy atom. The van der Waals surface area contributed by atoms with Gasteiger partial charge in [-0.2, -0.15) is 5.21 Å². The summed E-state index contributed by atoms with van der Waals surface area (Å²) in [7, 11) is 1.43. The maximum Gasteiger partial charge on any atom is 0.246 e. The van der Waals surface area contributed by atoms with E-state index in [1.165, 1.54) is 76.7 Å². The van der Waals surface area contributed by atoms with Gasteiger partial charge in [-0.1, -0.05) is 170 Å². The standard InChI is InChI=1S/C53H93N17O12.C45H61N9O8/c1-3-4-21-38(48(76)57-2)63-49(77)39(22-19-28-60-53(55)56)64-51(79)41(33-37-20-18-27-58-37)66-50(78)40(25-26-43(54)72)65-52(80)42(35-71)62-46(74)34-61-47(75)36-82-32-31-81-30-29-59-45(73)24-17-15-13-11-9-7-5-6-8-10-12-14-16-23-44-67-69-70-68-44;1-27-19-20-31(56)14-7-4-8-16-34(28(2)55)50-42(60)38(23-30-25-49-35-17-10-9-15-33(30)35)52-40(58)36(18-11-21-48-45(46)47)51-41(59)37(22-29-12-5-3-6-13-29)53-43(61)39-24-32(57)26-54(39)44(27)62/h20,27,38-42,71H,3-19,21-26,28-36H2,1-2H3,(H2,54,72)(H,57,76)(H,59,73)(H,61,75)(H,62,74)(H,63,77)(H,64,79)(H,65,80)(H,66,78)(H4,55,56,60)(H,67,68,69,70);3,5-6,9-10,12-13,15,17,25,27,32,34,36-39,49,57H,4,7-8,11,14,16,18-24,26H2,1-2H3,(H,50,60)(H,51,59)(H,52,58)(H,53,61)(H4,46,47,48)/t38-,39-,40-,41-,42-;27-,32+,34-,36-,37+,38-,39-/m00/s1. The van der Waals surface area contributed by atoms with Crippen LogP contribution in [0.15, 0.2) is 87.5 Å². The van der Waals surface area contributed by atoms with Gasteiger partial charge >= 0.3 is 0 Å². The molecule has 0 saturated carbocycles. The van der Waals surface area contributed by atoms with Crippen molar-refractivity contribution in [1.29, 1.82) is 0 Å². The number of para-hydroxylation sites is 1. The molecule has 12 atom stereocenters. The number of allylic oxidation sites excluding steroid dienone is 1. The van der Waals surface area contributed by atoms with Gasteiger partial charge in [0.2, 0.25) is 82.7 Å². The molecule has 46 nitrogen and oxygen atoms in total. The van der Waals surface area contributed by atoms with E-state index in [1.807, 2.05) is 31.2 Å². The zero-order valence-corrected chi connectivity index (χ0v) is 83.6. The van der Waals surface area contributed by atoms with Crippen molar-refractivity contribution in [3.63, 3.8) is 0 Å². The zero-order chi connectivity index (χ0) is 105. The minimum atomic E-state index is -1.64. The molecule has 26 N–H and O–H groups in total. The number of carbonyl (C=O) groups excluding carboxylic acids is 16. The van der Waals surface area contributed by atoms with Gasteiger partial charge in [-0.05, 0) is 94.7 Å². The Hall–Kier alpha value is -13.2. The second-order valence-electron chi connectivity index (χ2n) is 36.5. The van der Waals surface area contributed by atoms with Crippen molar-refractivity contribution in [3.05, 3.63) is 89.5 Å². The average Bonchev–Trinajstić information content (AvgIpc) is 1.67. The van der Waals surface area contributed by atoms with E-state index in [0.717, 1.165) is 60.8 Å². The fourth-order valence-electron chi connectivity index (χ4n) is 16.5. The number of hydrogen-bond acceptors (Lipinski definition) is 26. The number of ketones is 2. The lowest BCUT2D eigenvalue weighted by Gasteiger charge is -2.29. The smallest absolute Gasteiger partial charge is 0.246 e. The molecule has 0 radical (unpaired) electrons. The van der Waals surface area contributed by atoms with Gasteiger partial charge in [0.15, 0.2) is 23.5 Å². The van der Waals surface area contributed by atoms with Crippen LogP contribution in [0.1, 0.15) is 250 Å². The molecular formula is C98H154N26O20. The summed E-state index contributed by atoms with van der Waals surface area (Å²) in [4.78, 5) is 230. The lowest BCUT2D eigenvalue weighted by molar-refractivity contribution is -0.142. The van der Waals surface area contributed by atoms with Crippen LogP contribution in [-0.4, -0.2) is 292 Å². The summed E-state index contributed by atoms with van der Waals surface area (Å²) < 4.78 is 10.8. The molecule has 4 aromatic rings. The van der Waals surface area contributed by atoms with Crippen LogP contribution in [0.25, 0.3) is 10.9 Å². The second kappa shape index (κ2) is 68.1. The maximum absolute atomic E-state index is 14.4. The molecule has 0 spiro atoms. The Balaban J connectivity index is 0.000000456. The number of aliphatic hydroxyl groups is 2. The van der Waals surface area contributed by atoms with Crippen LogP contribution >= 0.6 is 0 Å². The van der Waals surface area contributed by atoms with E-state index >= 15 is 0 Å². The number of ether oxygens (including phenoxy) is 2. The molecule has 7 rings (SSSR count). The molecule has 0 unspecified atom stereocenters. The number of aromatic amines is 2. The topological polar surface area (TPSA) is 717 Å². The van der Waals surface area contributed by atoms with E-state index in [-0.39, 0.29) is 152 Å². The number of tetrazole rings is 1. The van der Waals surface area contributed by atoms with Gasteiger partial charge in [0.25, 0.3) is 0 Å². The maximum atomic E-state index is 14.4. The first-order chi connectivity index (χ1) is 69.2. The number of aliphatic hydroxyl groups excluding tert-OH is 2. The van der Waals surface area contributed by atoms with Crippen LogP contribution in [0.2, 0.25) is 0 Å². The van der Waals surface area contributed by atoms with Crippen molar-refractivity contribution in [2.24, 2.45) is 49.6 Å². The number of nitrogens with two attached hydrogens (primary N) is 5. The van der Waals surface area contributed by atoms with E-state index in [9.17, 15) is 86.9 Å². The van der Waals surface area contributed by atoms with Crippen molar-refractivity contribution in [1.82, 2.24) is 94.3 Å². The van der Waals surface area contributed by atoms with Crippen LogP contribution in [0, 0.1) is 5.92 Å². The van der Waals surface area contributed by atoms with E-state index in [0.29, 0.717) is 69.2 Å². The predicted octanol–water partition coefficient (Wildman–Crippen LogP) is 0.336. The highest BCUT2D eigenvalue weighted by atomic mass is 16.5. The van der Waals surface area contributed by atoms with E-state index in [2.05, 4.69) is 104 Å². The van der Waals surface area contributed by atoms with Gasteiger partial charge in [0.1, 0.15) is 66.8 Å².